The van der Waals surface area contributed by atoms with Crippen LogP contribution in [0.5, 0.6) is 11.5 Å². The Hall–Kier alpha value is -2.20. The van der Waals surface area contributed by atoms with E-state index in [1.807, 2.05) is 36.4 Å². The second-order valence-electron chi connectivity index (χ2n) is 6.48. The molecule has 0 saturated carbocycles. The van der Waals surface area contributed by atoms with Gasteiger partial charge in [-0.25, -0.2) is 0 Å². The zero-order chi connectivity index (χ0) is 17.4. The zero-order valence-electron chi connectivity index (χ0n) is 14.0. The number of ether oxygens (including phenoxy) is 3. The minimum Gasteiger partial charge on any atom is -0.492 e. The van der Waals surface area contributed by atoms with Crippen LogP contribution in [0, 0.1) is 0 Å². The smallest absolute Gasteiger partial charge is 0.306 e. The average Bonchev–Trinajstić information content (AvgIpc) is 3.19. The van der Waals surface area contributed by atoms with Crippen LogP contribution in [-0.2, 0) is 16.0 Å². The number of aryl methyl sites for hydroxylation is 1. The van der Waals surface area contributed by atoms with Gasteiger partial charge in [0.1, 0.15) is 17.6 Å². The standard InChI is InChI=1S/C20H19ClO4/c1-23-20(22)9-13-11-24-19-10-15(4-6-17(13)19)25-18-7-2-12-8-14(21)3-5-16(12)18/h3-6,8,10,13,18H,2,7,9,11H2,1H3. The fourth-order valence-electron chi connectivity index (χ4n) is 3.62. The van der Waals surface area contributed by atoms with Crippen molar-refractivity contribution in [2.75, 3.05) is 13.7 Å². The fraction of sp³-hybridized carbons (Fsp3) is 0.350. The summed E-state index contributed by atoms with van der Waals surface area (Å²) in [6.45, 7) is 0.499. The Labute approximate surface area is 151 Å². The molecule has 25 heavy (non-hydrogen) atoms. The number of esters is 1. The first kappa shape index (κ1) is 16.3. The van der Waals surface area contributed by atoms with Crippen molar-refractivity contribution in [2.24, 2.45) is 0 Å². The number of benzene rings is 2. The van der Waals surface area contributed by atoms with Gasteiger partial charge in [0, 0.05) is 22.6 Å². The predicted molar refractivity (Wildman–Crippen MR) is 94.5 cm³/mol. The van der Waals surface area contributed by atoms with Crippen molar-refractivity contribution in [3.8, 4) is 11.5 Å². The summed E-state index contributed by atoms with van der Waals surface area (Å²) < 4.78 is 16.7. The maximum Gasteiger partial charge on any atom is 0.306 e. The van der Waals surface area contributed by atoms with Gasteiger partial charge in [0.15, 0.2) is 0 Å². The summed E-state index contributed by atoms with van der Waals surface area (Å²) >= 11 is 6.07. The first-order valence-electron chi connectivity index (χ1n) is 8.42. The average molecular weight is 359 g/mol. The van der Waals surface area contributed by atoms with Crippen molar-refractivity contribution in [3.05, 3.63) is 58.1 Å². The molecule has 0 radical (unpaired) electrons. The highest BCUT2D eigenvalue weighted by molar-refractivity contribution is 6.30. The van der Waals surface area contributed by atoms with E-state index in [4.69, 9.17) is 25.8 Å². The van der Waals surface area contributed by atoms with Crippen molar-refractivity contribution in [1.82, 2.24) is 0 Å². The molecule has 0 saturated heterocycles. The lowest BCUT2D eigenvalue weighted by molar-refractivity contribution is -0.141. The predicted octanol–water partition coefficient (Wildman–Crippen LogP) is 4.45. The Morgan fingerprint density at radius 2 is 2.08 bits per heavy atom. The van der Waals surface area contributed by atoms with E-state index in [1.165, 1.54) is 18.2 Å². The maximum atomic E-state index is 11.5. The molecule has 5 heteroatoms. The van der Waals surface area contributed by atoms with Gasteiger partial charge in [-0.15, -0.1) is 0 Å². The van der Waals surface area contributed by atoms with Crippen molar-refractivity contribution in [1.29, 1.82) is 0 Å². The van der Waals surface area contributed by atoms with Crippen LogP contribution in [0.3, 0.4) is 0 Å². The largest absolute Gasteiger partial charge is 0.492 e. The molecule has 0 aromatic heterocycles. The van der Waals surface area contributed by atoms with Crippen LogP contribution in [0.2, 0.25) is 5.02 Å². The van der Waals surface area contributed by atoms with E-state index in [-0.39, 0.29) is 18.0 Å². The highest BCUT2D eigenvalue weighted by Crippen LogP contribution is 2.41. The number of carbonyl (C=O) groups is 1. The van der Waals surface area contributed by atoms with E-state index in [1.54, 1.807) is 0 Å². The zero-order valence-corrected chi connectivity index (χ0v) is 14.7. The second kappa shape index (κ2) is 6.60. The van der Waals surface area contributed by atoms with Gasteiger partial charge in [-0.05, 0) is 42.2 Å². The second-order valence-corrected chi connectivity index (χ2v) is 6.91. The summed E-state index contributed by atoms with van der Waals surface area (Å²) in [6, 6.07) is 11.8. The number of hydrogen-bond donors (Lipinski definition) is 0. The van der Waals surface area contributed by atoms with E-state index in [2.05, 4.69) is 0 Å². The van der Waals surface area contributed by atoms with Crippen molar-refractivity contribution in [2.45, 2.75) is 31.3 Å². The Morgan fingerprint density at radius 3 is 2.92 bits per heavy atom. The number of methoxy groups -OCH3 is 1. The summed E-state index contributed by atoms with van der Waals surface area (Å²) in [5.74, 6) is 1.40. The third-order valence-corrected chi connectivity index (χ3v) is 5.15. The van der Waals surface area contributed by atoms with Gasteiger partial charge in [-0.1, -0.05) is 23.7 Å². The van der Waals surface area contributed by atoms with Crippen LogP contribution >= 0.6 is 11.6 Å². The molecule has 4 rings (SSSR count). The Balaban J connectivity index is 1.50. The summed E-state index contributed by atoms with van der Waals surface area (Å²) in [5, 5.41) is 0.766. The lowest BCUT2D eigenvalue weighted by Gasteiger charge is -2.16. The van der Waals surface area contributed by atoms with Crippen LogP contribution < -0.4 is 9.47 Å². The molecule has 0 N–H and O–H groups in total. The first-order valence-corrected chi connectivity index (χ1v) is 8.80. The topological polar surface area (TPSA) is 44.8 Å². The molecule has 2 aromatic carbocycles. The molecular formula is C20H19ClO4. The number of rotatable bonds is 4. The normalized spacial score (nSPS) is 20.6. The highest BCUT2D eigenvalue weighted by Gasteiger charge is 2.28. The molecule has 0 spiro atoms. The third kappa shape index (κ3) is 3.19. The Kier molecular flexibility index (Phi) is 4.30. The molecule has 0 bridgehead atoms. The van der Waals surface area contributed by atoms with Crippen molar-refractivity contribution >= 4 is 17.6 Å². The van der Waals surface area contributed by atoms with Crippen LogP contribution in [0.25, 0.3) is 0 Å². The molecule has 2 atom stereocenters. The van der Waals surface area contributed by atoms with Gasteiger partial charge in [0.05, 0.1) is 20.1 Å². The molecule has 1 heterocycles. The maximum absolute atomic E-state index is 11.5. The number of hydrogen-bond acceptors (Lipinski definition) is 4. The Bertz CT molecular complexity index is 817. The van der Waals surface area contributed by atoms with Gasteiger partial charge >= 0.3 is 5.97 Å². The molecule has 130 valence electrons. The van der Waals surface area contributed by atoms with Gasteiger partial charge in [-0.2, -0.15) is 0 Å². The summed E-state index contributed by atoms with van der Waals surface area (Å²) in [4.78, 5) is 11.5. The van der Waals surface area contributed by atoms with Crippen molar-refractivity contribution < 1.29 is 19.0 Å². The monoisotopic (exact) mass is 358 g/mol. The minimum atomic E-state index is -0.219. The summed E-state index contributed by atoms with van der Waals surface area (Å²) in [7, 11) is 1.41. The summed E-state index contributed by atoms with van der Waals surface area (Å²) in [6.07, 6.45) is 2.29. The van der Waals surface area contributed by atoms with E-state index in [0.29, 0.717) is 13.0 Å². The van der Waals surface area contributed by atoms with Gasteiger partial charge in [-0.3, -0.25) is 4.79 Å². The highest BCUT2D eigenvalue weighted by atomic mass is 35.5. The first-order chi connectivity index (χ1) is 12.1. The number of carbonyl (C=O) groups excluding carboxylic acids is 1. The quantitative estimate of drug-likeness (QED) is 0.758. The van der Waals surface area contributed by atoms with E-state index in [9.17, 15) is 4.79 Å². The van der Waals surface area contributed by atoms with E-state index < -0.39 is 0 Å². The van der Waals surface area contributed by atoms with E-state index >= 15 is 0 Å². The lowest BCUT2D eigenvalue weighted by atomic mass is 9.98. The molecule has 2 unspecified atom stereocenters. The summed E-state index contributed by atoms with van der Waals surface area (Å²) in [5.41, 5.74) is 3.50. The van der Waals surface area contributed by atoms with Gasteiger partial charge in [0.2, 0.25) is 0 Å². The molecular weight excluding hydrogens is 340 g/mol. The van der Waals surface area contributed by atoms with Gasteiger partial charge in [0.25, 0.3) is 0 Å². The molecule has 1 aliphatic carbocycles. The molecule has 0 fully saturated rings. The van der Waals surface area contributed by atoms with Crippen LogP contribution in [0.4, 0.5) is 0 Å². The molecule has 2 aliphatic rings. The SMILES string of the molecule is COC(=O)CC1COc2cc(OC3CCc4cc(Cl)ccc43)ccc21. The van der Waals surface area contributed by atoms with Gasteiger partial charge < -0.3 is 14.2 Å². The minimum absolute atomic E-state index is 0.0394. The third-order valence-electron chi connectivity index (χ3n) is 4.91. The lowest BCUT2D eigenvalue weighted by Crippen LogP contribution is -2.09. The fourth-order valence-corrected chi connectivity index (χ4v) is 3.81. The van der Waals surface area contributed by atoms with Crippen LogP contribution in [0.15, 0.2) is 36.4 Å². The molecule has 0 amide bonds. The molecule has 1 aliphatic heterocycles. The molecule has 2 aromatic rings. The van der Waals surface area contributed by atoms with Crippen LogP contribution in [0.1, 0.15) is 41.6 Å². The van der Waals surface area contributed by atoms with Crippen molar-refractivity contribution in [3.63, 3.8) is 0 Å². The van der Waals surface area contributed by atoms with E-state index in [0.717, 1.165) is 34.9 Å². The number of halogens is 1. The van der Waals surface area contributed by atoms with Crippen LogP contribution in [-0.4, -0.2) is 19.7 Å². The Morgan fingerprint density at radius 1 is 1.24 bits per heavy atom. The number of fused-ring (bicyclic) bond motifs is 2. The molecule has 4 nitrogen and oxygen atoms in total.